The second-order valence-corrected chi connectivity index (χ2v) is 5.45. The van der Waals surface area contributed by atoms with Gasteiger partial charge in [0.1, 0.15) is 5.75 Å². The van der Waals surface area contributed by atoms with E-state index in [1.165, 1.54) is 6.21 Å². The smallest absolute Gasteiger partial charge is 0.271 e. The highest BCUT2D eigenvalue weighted by Crippen LogP contribution is 2.20. The van der Waals surface area contributed by atoms with E-state index in [0.29, 0.717) is 17.7 Å². The monoisotopic (exact) mass is 362 g/mol. The highest BCUT2D eigenvalue weighted by molar-refractivity contribution is 9.10. The summed E-state index contributed by atoms with van der Waals surface area (Å²) in [5.74, 6) is -0.242. The minimum absolute atomic E-state index is 0.0799. The SMILES string of the molecule is COCc1ccc(C(=O)N/N=C/c2ccc(Br)cc2O)cc1. The molecule has 0 spiro atoms. The average Bonchev–Trinajstić information content (AvgIpc) is 2.50. The lowest BCUT2D eigenvalue weighted by atomic mass is 10.1. The van der Waals surface area contributed by atoms with Crippen LogP contribution < -0.4 is 5.43 Å². The third kappa shape index (κ3) is 4.41. The van der Waals surface area contributed by atoms with Crippen LogP contribution in [0.1, 0.15) is 21.5 Å². The molecule has 0 aromatic heterocycles. The van der Waals surface area contributed by atoms with Crippen LogP contribution in [-0.2, 0) is 11.3 Å². The topological polar surface area (TPSA) is 70.9 Å². The van der Waals surface area contributed by atoms with Crippen LogP contribution in [0.4, 0.5) is 0 Å². The minimum Gasteiger partial charge on any atom is -0.507 e. The number of amides is 1. The zero-order valence-electron chi connectivity index (χ0n) is 11.9. The highest BCUT2D eigenvalue weighted by Gasteiger charge is 2.04. The molecule has 0 aliphatic rings. The lowest BCUT2D eigenvalue weighted by Crippen LogP contribution is -2.17. The summed E-state index contributed by atoms with van der Waals surface area (Å²) in [6, 6.07) is 12.1. The third-order valence-electron chi connectivity index (χ3n) is 2.89. The fraction of sp³-hybridized carbons (Fsp3) is 0.125. The van der Waals surface area contributed by atoms with E-state index in [2.05, 4.69) is 26.5 Å². The Morgan fingerprint density at radius 1 is 1.32 bits per heavy atom. The molecule has 0 aliphatic carbocycles. The Labute approximate surface area is 136 Å². The number of carbonyl (C=O) groups is 1. The van der Waals surface area contributed by atoms with Gasteiger partial charge < -0.3 is 9.84 Å². The Bertz CT molecular complexity index is 684. The van der Waals surface area contributed by atoms with Gasteiger partial charge in [0.15, 0.2) is 0 Å². The predicted octanol–water partition coefficient (Wildman–Crippen LogP) is 3.07. The Morgan fingerprint density at radius 3 is 2.68 bits per heavy atom. The van der Waals surface area contributed by atoms with Crippen molar-refractivity contribution in [2.75, 3.05) is 7.11 Å². The quantitative estimate of drug-likeness (QED) is 0.634. The van der Waals surface area contributed by atoms with Crippen LogP contribution in [0.3, 0.4) is 0 Å². The first-order valence-electron chi connectivity index (χ1n) is 6.50. The highest BCUT2D eigenvalue weighted by atomic mass is 79.9. The molecule has 5 nitrogen and oxygen atoms in total. The molecule has 0 heterocycles. The van der Waals surface area contributed by atoms with Gasteiger partial charge in [-0.2, -0.15) is 5.10 Å². The first-order valence-corrected chi connectivity index (χ1v) is 7.29. The number of ether oxygens (including phenoxy) is 1. The summed E-state index contributed by atoms with van der Waals surface area (Å²) in [5, 5.41) is 13.6. The molecule has 0 radical (unpaired) electrons. The van der Waals surface area contributed by atoms with E-state index in [0.717, 1.165) is 10.0 Å². The summed E-state index contributed by atoms with van der Waals surface area (Å²) in [6.45, 7) is 0.503. The summed E-state index contributed by atoms with van der Waals surface area (Å²) < 4.78 is 5.78. The maximum Gasteiger partial charge on any atom is 0.271 e. The summed E-state index contributed by atoms with van der Waals surface area (Å²) in [7, 11) is 1.62. The van der Waals surface area contributed by atoms with Crippen molar-refractivity contribution in [3.05, 3.63) is 63.6 Å². The van der Waals surface area contributed by atoms with Crippen LogP contribution in [0.25, 0.3) is 0 Å². The molecule has 22 heavy (non-hydrogen) atoms. The molecule has 2 rings (SSSR count). The fourth-order valence-electron chi connectivity index (χ4n) is 1.77. The number of hydrazone groups is 1. The molecule has 114 valence electrons. The standard InChI is InChI=1S/C16H15BrN2O3/c1-22-10-11-2-4-12(5-3-11)16(21)19-18-9-13-6-7-14(17)8-15(13)20/h2-9,20H,10H2,1H3,(H,19,21)/b18-9+. The van der Waals surface area contributed by atoms with Gasteiger partial charge in [0, 0.05) is 22.7 Å². The van der Waals surface area contributed by atoms with Gasteiger partial charge in [-0.3, -0.25) is 4.79 Å². The van der Waals surface area contributed by atoms with Gasteiger partial charge in [-0.25, -0.2) is 5.43 Å². The van der Waals surface area contributed by atoms with Gasteiger partial charge in [0.05, 0.1) is 12.8 Å². The van der Waals surface area contributed by atoms with Crippen molar-refractivity contribution in [1.29, 1.82) is 0 Å². The van der Waals surface area contributed by atoms with E-state index in [-0.39, 0.29) is 11.7 Å². The zero-order valence-corrected chi connectivity index (χ0v) is 13.5. The number of benzene rings is 2. The number of halogens is 1. The first-order chi connectivity index (χ1) is 10.6. The molecule has 0 bridgehead atoms. The Kier molecular flexibility index (Phi) is 5.68. The van der Waals surface area contributed by atoms with Gasteiger partial charge in [-0.1, -0.05) is 28.1 Å². The summed E-state index contributed by atoms with van der Waals surface area (Å²) in [4.78, 5) is 11.9. The van der Waals surface area contributed by atoms with Crippen LogP contribution in [0.5, 0.6) is 5.75 Å². The predicted molar refractivity (Wildman–Crippen MR) is 88.0 cm³/mol. The summed E-state index contributed by atoms with van der Waals surface area (Å²) >= 11 is 3.25. The molecule has 6 heteroatoms. The van der Waals surface area contributed by atoms with Crippen molar-refractivity contribution in [2.24, 2.45) is 5.10 Å². The fourth-order valence-corrected chi connectivity index (χ4v) is 2.12. The molecular weight excluding hydrogens is 348 g/mol. The number of aromatic hydroxyl groups is 1. The maximum absolute atomic E-state index is 11.9. The number of nitrogens with one attached hydrogen (secondary N) is 1. The molecule has 2 aromatic rings. The Morgan fingerprint density at radius 2 is 2.05 bits per heavy atom. The minimum atomic E-state index is -0.322. The normalized spacial score (nSPS) is 10.8. The van der Waals surface area contributed by atoms with E-state index < -0.39 is 0 Å². The number of nitrogens with zero attached hydrogens (tertiary/aromatic N) is 1. The number of rotatable bonds is 5. The van der Waals surface area contributed by atoms with Gasteiger partial charge >= 0.3 is 0 Å². The Balaban J connectivity index is 1.98. The Hall–Kier alpha value is -2.18. The van der Waals surface area contributed by atoms with Crippen LogP contribution in [0.2, 0.25) is 0 Å². The van der Waals surface area contributed by atoms with Crippen molar-refractivity contribution >= 4 is 28.1 Å². The van der Waals surface area contributed by atoms with E-state index in [1.54, 1.807) is 37.4 Å². The van der Waals surface area contributed by atoms with Crippen LogP contribution in [0, 0.1) is 0 Å². The molecule has 0 unspecified atom stereocenters. The maximum atomic E-state index is 11.9. The molecule has 0 fully saturated rings. The van der Waals surface area contributed by atoms with Crippen molar-refractivity contribution in [1.82, 2.24) is 5.43 Å². The molecule has 1 amide bonds. The molecule has 0 aliphatic heterocycles. The average molecular weight is 363 g/mol. The lowest BCUT2D eigenvalue weighted by Gasteiger charge is -2.03. The van der Waals surface area contributed by atoms with Crippen molar-refractivity contribution in [2.45, 2.75) is 6.61 Å². The van der Waals surface area contributed by atoms with E-state index >= 15 is 0 Å². The molecular formula is C16H15BrN2O3. The molecule has 2 N–H and O–H groups in total. The van der Waals surface area contributed by atoms with Crippen molar-refractivity contribution in [3.63, 3.8) is 0 Å². The van der Waals surface area contributed by atoms with Crippen LogP contribution in [0.15, 0.2) is 52.0 Å². The largest absolute Gasteiger partial charge is 0.507 e. The second-order valence-electron chi connectivity index (χ2n) is 4.53. The number of hydrogen-bond donors (Lipinski definition) is 2. The number of phenols is 1. The molecule has 0 saturated carbocycles. The van der Waals surface area contributed by atoms with Gasteiger partial charge in [0.25, 0.3) is 5.91 Å². The van der Waals surface area contributed by atoms with Gasteiger partial charge in [-0.15, -0.1) is 0 Å². The van der Waals surface area contributed by atoms with Crippen LogP contribution >= 0.6 is 15.9 Å². The van der Waals surface area contributed by atoms with Crippen LogP contribution in [-0.4, -0.2) is 24.3 Å². The summed E-state index contributed by atoms with van der Waals surface area (Å²) in [6.07, 6.45) is 1.39. The zero-order chi connectivity index (χ0) is 15.9. The van der Waals surface area contributed by atoms with Crippen molar-refractivity contribution in [3.8, 4) is 5.75 Å². The molecule has 2 aromatic carbocycles. The van der Waals surface area contributed by atoms with Gasteiger partial charge in [0.2, 0.25) is 0 Å². The second kappa shape index (κ2) is 7.72. The van der Waals surface area contributed by atoms with E-state index in [1.807, 2.05) is 12.1 Å². The van der Waals surface area contributed by atoms with Gasteiger partial charge in [-0.05, 0) is 35.9 Å². The first kappa shape index (κ1) is 16.2. The molecule has 0 atom stereocenters. The lowest BCUT2D eigenvalue weighted by molar-refractivity contribution is 0.0955. The summed E-state index contributed by atoms with van der Waals surface area (Å²) in [5.41, 5.74) is 4.42. The van der Waals surface area contributed by atoms with E-state index in [4.69, 9.17) is 4.74 Å². The third-order valence-corrected chi connectivity index (χ3v) is 3.38. The number of methoxy groups -OCH3 is 1. The number of phenolic OH excluding ortho intramolecular Hbond substituents is 1. The number of hydrogen-bond acceptors (Lipinski definition) is 4. The number of carbonyl (C=O) groups excluding carboxylic acids is 1. The van der Waals surface area contributed by atoms with Crippen molar-refractivity contribution < 1.29 is 14.6 Å². The van der Waals surface area contributed by atoms with E-state index in [9.17, 15) is 9.90 Å². The molecule has 0 saturated heterocycles.